The fraction of sp³-hybridized carbons (Fsp3) is 0.385. The number of aromatic nitrogens is 2. The Hall–Kier alpha value is -3.04. The van der Waals surface area contributed by atoms with Crippen molar-refractivity contribution in [3.63, 3.8) is 0 Å². The molecule has 2 aromatic carbocycles. The smallest absolute Gasteiger partial charge is 0.243 e. The Bertz CT molecular complexity index is 1290. The van der Waals surface area contributed by atoms with Crippen molar-refractivity contribution in [2.75, 3.05) is 13.1 Å². The van der Waals surface area contributed by atoms with Crippen molar-refractivity contribution in [1.29, 1.82) is 0 Å². The molecular formula is C26H29FN4O3S. The first-order valence-corrected chi connectivity index (χ1v) is 13.5. The summed E-state index contributed by atoms with van der Waals surface area (Å²) in [5.74, 6) is -1.04. The quantitative estimate of drug-likeness (QED) is 0.565. The van der Waals surface area contributed by atoms with Crippen LogP contribution in [0, 0.1) is 11.7 Å². The van der Waals surface area contributed by atoms with Gasteiger partial charge in [-0.25, -0.2) is 12.8 Å². The van der Waals surface area contributed by atoms with Crippen LogP contribution in [0.25, 0.3) is 0 Å². The van der Waals surface area contributed by atoms with Gasteiger partial charge in [0.2, 0.25) is 15.9 Å². The third kappa shape index (κ3) is 5.01. The van der Waals surface area contributed by atoms with Crippen LogP contribution in [0.3, 0.4) is 0 Å². The van der Waals surface area contributed by atoms with Gasteiger partial charge in [0.25, 0.3) is 0 Å². The van der Waals surface area contributed by atoms with E-state index in [0.29, 0.717) is 25.9 Å². The number of sulfonamides is 1. The molecule has 0 spiro atoms. The van der Waals surface area contributed by atoms with E-state index >= 15 is 0 Å². The molecule has 35 heavy (non-hydrogen) atoms. The molecule has 7 nitrogen and oxygen atoms in total. The molecular weight excluding hydrogens is 467 g/mol. The van der Waals surface area contributed by atoms with Crippen LogP contribution >= 0.6 is 0 Å². The minimum absolute atomic E-state index is 0.0442. The van der Waals surface area contributed by atoms with Gasteiger partial charge in [0.1, 0.15) is 5.82 Å². The molecule has 1 fully saturated rings. The highest BCUT2D eigenvalue weighted by atomic mass is 32.2. The Labute approximate surface area is 205 Å². The number of carbonyl (C=O) groups excluding carboxylic acids is 1. The van der Waals surface area contributed by atoms with Crippen LogP contribution in [-0.4, -0.2) is 41.5 Å². The first-order chi connectivity index (χ1) is 16.9. The number of hydrogen-bond acceptors (Lipinski definition) is 4. The average molecular weight is 497 g/mol. The molecule has 2 atom stereocenters. The molecule has 0 saturated carbocycles. The molecule has 5 rings (SSSR count). The van der Waals surface area contributed by atoms with Crippen LogP contribution in [0.5, 0.6) is 0 Å². The highest BCUT2D eigenvalue weighted by Gasteiger charge is 2.35. The predicted molar refractivity (Wildman–Crippen MR) is 129 cm³/mol. The van der Waals surface area contributed by atoms with E-state index in [4.69, 9.17) is 0 Å². The molecule has 1 saturated heterocycles. The lowest BCUT2D eigenvalue weighted by molar-refractivity contribution is -0.127. The fourth-order valence-corrected chi connectivity index (χ4v) is 6.61. The van der Waals surface area contributed by atoms with Crippen molar-refractivity contribution in [2.24, 2.45) is 5.92 Å². The summed E-state index contributed by atoms with van der Waals surface area (Å²) >= 11 is 0. The van der Waals surface area contributed by atoms with Gasteiger partial charge in [-0.1, -0.05) is 30.3 Å². The summed E-state index contributed by atoms with van der Waals surface area (Å²) in [7, 11) is -3.78. The van der Waals surface area contributed by atoms with Gasteiger partial charge in [-0.2, -0.15) is 9.40 Å². The van der Waals surface area contributed by atoms with E-state index in [0.717, 1.165) is 42.7 Å². The van der Waals surface area contributed by atoms with E-state index in [1.54, 1.807) is 0 Å². The lowest BCUT2D eigenvalue weighted by Gasteiger charge is -2.33. The van der Waals surface area contributed by atoms with Crippen LogP contribution < -0.4 is 5.32 Å². The zero-order chi connectivity index (χ0) is 24.4. The maximum absolute atomic E-state index is 13.3. The summed E-state index contributed by atoms with van der Waals surface area (Å²) in [6.07, 6.45) is 5.79. The van der Waals surface area contributed by atoms with E-state index in [1.807, 2.05) is 29.1 Å². The van der Waals surface area contributed by atoms with Gasteiger partial charge in [-0.3, -0.25) is 9.48 Å². The molecule has 3 aromatic rings. The monoisotopic (exact) mass is 496 g/mol. The predicted octanol–water partition coefficient (Wildman–Crippen LogP) is 3.67. The second kappa shape index (κ2) is 9.91. The third-order valence-corrected chi connectivity index (χ3v) is 8.84. The Morgan fingerprint density at radius 2 is 1.83 bits per heavy atom. The second-order valence-corrected chi connectivity index (χ2v) is 11.2. The zero-order valence-corrected chi connectivity index (χ0v) is 20.3. The Morgan fingerprint density at radius 3 is 2.60 bits per heavy atom. The van der Waals surface area contributed by atoms with Crippen molar-refractivity contribution in [3.8, 4) is 0 Å². The minimum Gasteiger partial charge on any atom is -0.349 e. The molecule has 0 radical (unpaired) electrons. The molecule has 1 amide bonds. The van der Waals surface area contributed by atoms with E-state index in [2.05, 4.69) is 22.5 Å². The molecule has 1 aliphatic heterocycles. The largest absolute Gasteiger partial charge is 0.349 e. The highest BCUT2D eigenvalue weighted by molar-refractivity contribution is 7.89. The van der Waals surface area contributed by atoms with Crippen molar-refractivity contribution < 1.29 is 17.6 Å². The molecule has 1 aromatic heterocycles. The van der Waals surface area contributed by atoms with Gasteiger partial charge in [0, 0.05) is 24.3 Å². The number of fused-ring (bicyclic) bond motifs is 1. The third-order valence-electron chi connectivity index (χ3n) is 6.96. The summed E-state index contributed by atoms with van der Waals surface area (Å²) in [5.41, 5.74) is 3.37. The molecule has 2 heterocycles. The maximum atomic E-state index is 13.3. The van der Waals surface area contributed by atoms with Crippen LogP contribution in [0.4, 0.5) is 4.39 Å². The summed E-state index contributed by atoms with van der Waals surface area (Å²) < 4.78 is 42.7. The summed E-state index contributed by atoms with van der Waals surface area (Å²) in [6, 6.07) is 14.9. The van der Waals surface area contributed by atoms with Crippen molar-refractivity contribution in [3.05, 3.63) is 83.4 Å². The lowest BCUT2D eigenvalue weighted by atomic mass is 9.91. The molecule has 2 unspecified atom stereocenters. The van der Waals surface area contributed by atoms with Gasteiger partial charge >= 0.3 is 0 Å². The number of hydrogen-bond donors (Lipinski definition) is 1. The Kier molecular flexibility index (Phi) is 6.71. The number of amides is 1. The van der Waals surface area contributed by atoms with Gasteiger partial charge < -0.3 is 5.32 Å². The number of carbonyl (C=O) groups is 1. The standard InChI is InChI=1S/C26H29FN4O3S/c27-21-11-13-22(14-12-21)35(33,34)30-15-5-8-20(18-30)26(32)29-24-9-4-10-25-23(24)16-28-31(25)17-19-6-2-1-3-7-19/h1-3,6-7,11-14,16,20,24H,4-5,8-10,15,17-18H2,(H,29,32). The summed E-state index contributed by atoms with van der Waals surface area (Å²) in [4.78, 5) is 13.3. The highest BCUT2D eigenvalue weighted by Crippen LogP contribution is 2.31. The van der Waals surface area contributed by atoms with E-state index < -0.39 is 21.8 Å². The van der Waals surface area contributed by atoms with Gasteiger partial charge in [0.05, 0.1) is 29.6 Å². The Morgan fingerprint density at radius 1 is 1.06 bits per heavy atom. The van der Waals surface area contributed by atoms with Crippen LogP contribution in [0.1, 0.15) is 48.5 Å². The number of halogens is 1. The van der Waals surface area contributed by atoms with E-state index in [-0.39, 0.29) is 23.4 Å². The summed E-state index contributed by atoms with van der Waals surface area (Å²) in [6.45, 7) is 1.16. The number of rotatable bonds is 6. The maximum Gasteiger partial charge on any atom is 0.243 e. The Balaban J connectivity index is 1.27. The summed E-state index contributed by atoms with van der Waals surface area (Å²) in [5, 5.41) is 7.78. The first-order valence-electron chi connectivity index (χ1n) is 12.1. The number of nitrogens with one attached hydrogen (secondary N) is 1. The lowest BCUT2D eigenvalue weighted by Crippen LogP contribution is -2.46. The van der Waals surface area contributed by atoms with Crippen LogP contribution in [-0.2, 0) is 27.8 Å². The molecule has 0 bridgehead atoms. The SMILES string of the molecule is O=C(NC1CCCc2c1cnn2Cc1ccccc1)C1CCCN(S(=O)(=O)c2ccc(F)cc2)C1. The second-order valence-electron chi connectivity index (χ2n) is 9.30. The minimum atomic E-state index is -3.78. The zero-order valence-electron chi connectivity index (χ0n) is 19.4. The topological polar surface area (TPSA) is 84.3 Å². The molecule has 1 N–H and O–H groups in total. The molecule has 1 aliphatic carbocycles. The van der Waals surface area contributed by atoms with Crippen molar-refractivity contribution in [1.82, 2.24) is 19.4 Å². The fourth-order valence-electron chi connectivity index (χ4n) is 5.08. The molecule has 184 valence electrons. The van der Waals surface area contributed by atoms with Crippen molar-refractivity contribution in [2.45, 2.75) is 49.6 Å². The van der Waals surface area contributed by atoms with E-state index in [1.165, 1.54) is 22.0 Å². The van der Waals surface area contributed by atoms with Crippen LogP contribution in [0.15, 0.2) is 65.7 Å². The average Bonchev–Trinajstić information content (AvgIpc) is 3.28. The van der Waals surface area contributed by atoms with Gasteiger partial charge in [0.15, 0.2) is 0 Å². The van der Waals surface area contributed by atoms with Crippen molar-refractivity contribution >= 4 is 15.9 Å². The van der Waals surface area contributed by atoms with E-state index in [9.17, 15) is 17.6 Å². The van der Waals surface area contributed by atoms with Crippen LogP contribution in [0.2, 0.25) is 0 Å². The normalized spacial score (nSPS) is 20.8. The molecule has 2 aliphatic rings. The number of nitrogens with zero attached hydrogens (tertiary/aromatic N) is 3. The number of benzene rings is 2. The molecule has 9 heteroatoms. The number of piperidine rings is 1. The van der Waals surface area contributed by atoms with Gasteiger partial charge in [-0.15, -0.1) is 0 Å². The first kappa shape index (κ1) is 23.7. The van der Waals surface area contributed by atoms with Gasteiger partial charge in [-0.05, 0) is 61.9 Å².